The number of rotatable bonds is 4. The fraction of sp³-hybridized carbons (Fsp3) is 0.333. The standard InChI is InChI=1S/C12H15BrFN/c1-9(2)5-6-15-8-10-3-4-11(13)12(14)7-10/h3-5,7,15H,6,8H2,1-2H3. The lowest BCUT2D eigenvalue weighted by Gasteiger charge is -2.03. The Balaban J connectivity index is 2.44. The van der Waals surface area contributed by atoms with Gasteiger partial charge >= 0.3 is 0 Å². The summed E-state index contributed by atoms with van der Waals surface area (Å²) in [5.41, 5.74) is 2.24. The van der Waals surface area contributed by atoms with E-state index in [4.69, 9.17) is 0 Å². The van der Waals surface area contributed by atoms with E-state index < -0.39 is 0 Å². The molecule has 3 heteroatoms. The Morgan fingerprint density at radius 3 is 2.80 bits per heavy atom. The molecule has 1 N–H and O–H groups in total. The summed E-state index contributed by atoms with van der Waals surface area (Å²) in [5.74, 6) is -0.212. The average Bonchev–Trinajstić information content (AvgIpc) is 2.18. The van der Waals surface area contributed by atoms with Crippen molar-refractivity contribution < 1.29 is 4.39 Å². The van der Waals surface area contributed by atoms with Crippen LogP contribution in [0.2, 0.25) is 0 Å². The van der Waals surface area contributed by atoms with Crippen LogP contribution in [0.3, 0.4) is 0 Å². The van der Waals surface area contributed by atoms with Crippen LogP contribution in [-0.2, 0) is 6.54 Å². The third kappa shape index (κ3) is 4.58. The lowest BCUT2D eigenvalue weighted by Crippen LogP contribution is -2.13. The van der Waals surface area contributed by atoms with E-state index in [1.165, 1.54) is 5.57 Å². The van der Waals surface area contributed by atoms with Gasteiger partial charge < -0.3 is 5.32 Å². The molecule has 0 bridgehead atoms. The Morgan fingerprint density at radius 1 is 1.47 bits per heavy atom. The molecule has 0 saturated carbocycles. The van der Waals surface area contributed by atoms with Gasteiger partial charge in [0.25, 0.3) is 0 Å². The van der Waals surface area contributed by atoms with Crippen LogP contribution in [-0.4, -0.2) is 6.54 Å². The predicted molar refractivity (Wildman–Crippen MR) is 65.2 cm³/mol. The van der Waals surface area contributed by atoms with Crippen molar-refractivity contribution in [3.05, 3.63) is 45.7 Å². The minimum absolute atomic E-state index is 0.212. The largest absolute Gasteiger partial charge is 0.309 e. The Hall–Kier alpha value is -0.670. The Morgan fingerprint density at radius 2 is 2.20 bits per heavy atom. The van der Waals surface area contributed by atoms with Crippen molar-refractivity contribution >= 4 is 15.9 Å². The summed E-state index contributed by atoms with van der Waals surface area (Å²) < 4.78 is 13.6. The lowest BCUT2D eigenvalue weighted by molar-refractivity contribution is 0.616. The highest BCUT2D eigenvalue weighted by molar-refractivity contribution is 9.10. The van der Waals surface area contributed by atoms with Gasteiger partial charge in [0.2, 0.25) is 0 Å². The van der Waals surface area contributed by atoms with Crippen LogP contribution in [0.25, 0.3) is 0 Å². The number of hydrogen-bond donors (Lipinski definition) is 1. The van der Waals surface area contributed by atoms with Gasteiger partial charge in [0.15, 0.2) is 0 Å². The van der Waals surface area contributed by atoms with Gasteiger partial charge in [0.1, 0.15) is 5.82 Å². The summed E-state index contributed by atoms with van der Waals surface area (Å²) in [4.78, 5) is 0. The number of nitrogens with one attached hydrogen (secondary N) is 1. The zero-order valence-electron chi connectivity index (χ0n) is 8.98. The molecular weight excluding hydrogens is 257 g/mol. The number of benzene rings is 1. The highest BCUT2D eigenvalue weighted by Crippen LogP contribution is 2.16. The fourth-order valence-corrected chi connectivity index (χ4v) is 1.39. The molecule has 1 aromatic rings. The van der Waals surface area contributed by atoms with Crippen LogP contribution in [0.5, 0.6) is 0 Å². The zero-order valence-corrected chi connectivity index (χ0v) is 10.6. The van der Waals surface area contributed by atoms with Gasteiger partial charge in [0.05, 0.1) is 4.47 Å². The molecular formula is C12H15BrFN. The van der Waals surface area contributed by atoms with E-state index >= 15 is 0 Å². The van der Waals surface area contributed by atoms with E-state index in [1.807, 2.05) is 6.07 Å². The molecule has 0 heterocycles. The van der Waals surface area contributed by atoms with Crippen molar-refractivity contribution in [1.82, 2.24) is 5.32 Å². The molecule has 0 aromatic heterocycles. The first-order chi connectivity index (χ1) is 7.09. The molecule has 0 spiro atoms. The maximum Gasteiger partial charge on any atom is 0.137 e. The van der Waals surface area contributed by atoms with Crippen molar-refractivity contribution in [2.75, 3.05) is 6.54 Å². The van der Waals surface area contributed by atoms with E-state index in [1.54, 1.807) is 12.1 Å². The van der Waals surface area contributed by atoms with E-state index in [2.05, 4.69) is 41.2 Å². The van der Waals surface area contributed by atoms with Gasteiger partial charge in [-0.15, -0.1) is 0 Å². The average molecular weight is 272 g/mol. The zero-order chi connectivity index (χ0) is 11.3. The Bertz CT molecular complexity index is 357. The van der Waals surface area contributed by atoms with Gasteiger partial charge in [-0.05, 0) is 47.5 Å². The normalized spacial score (nSPS) is 10.1. The number of hydrogen-bond acceptors (Lipinski definition) is 1. The van der Waals surface area contributed by atoms with Gasteiger partial charge in [-0.3, -0.25) is 0 Å². The molecule has 0 saturated heterocycles. The Kier molecular flexibility index (Phi) is 4.99. The van der Waals surface area contributed by atoms with Crippen LogP contribution < -0.4 is 5.32 Å². The van der Waals surface area contributed by atoms with E-state index in [0.29, 0.717) is 11.0 Å². The first kappa shape index (κ1) is 12.4. The molecule has 0 aliphatic carbocycles. The van der Waals surface area contributed by atoms with Crippen molar-refractivity contribution in [3.63, 3.8) is 0 Å². The second kappa shape index (κ2) is 6.03. The number of allylic oxidation sites excluding steroid dienone is 1. The third-order valence-electron chi connectivity index (χ3n) is 1.97. The molecule has 0 aliphatic rings. The molecule has 0 atom stereocenters. The van der Waals surface area contributed by atoms with E-state index in [-0.39, 0.29) is 5.82 Å². The summed E-state index contributed by atoms with van der Waals surface area (Å²) in [6.07, 6.45) is 2.11. The van der Waals surface area contributed by atoms with Crippen molar-refractivity contribution in [2.24, 2.45) is 0 Å². The molecule has 0 unspecified atom stereocenters. The molecule has 0 fully saturated rings. The maximum atomic E-state index is 13.1. The molecule has 0 aliphatic heterocycles. The van der Waals surface area contributed by atoms with Crippen LogP contribution in [0, 0.1) is 5.82 Å². The smallest absolute Gasteiger partial charge is 0.137 e. The highest BCUT2D eigenvalue weighted by atomic mass is 79.9. The third-order valence-corrected chi connectivity index (χ3v) is 2.61. The van der Waals surface area contributed by atoms with Crippen LogP contribution in [0.1, 0.15) is 19.4 Å². The first-order valence-corrected chi connectivity index (χ1v) is 5.67. The van der Waals surface area contributed by atoms with Crippen LogP contribution in [0.15, 0.2) is 34.3 Å². The van der Waals surface area contributed by atoms with Crippen molar-refractivity contribution in [2.45, 2.75) is 20.4 Å². The topological polar surface area (TPSA) is 12.0 Å². The fourth-order valence-electron chi connectivity index (χ4n) is 1.14. The SMILES string of the molecule is CC(C)=CCNCc1ccc(Br)c(F)c1. The highest BCUT2D eigenvalue weighted by Gasteiger charge is 1.99. The van der Waals surface area contributed by atoms with E-state index in [9.17, 15) is 4.39 Å². The lowest BCUT2D eigenvalue weighted by atomic mass is 10.2. The summed E-state index contributed by atoms with van der Waals surface area (Å²) in [5, 5.41) is 3.22. The molecule has 15 heavy (non-hydrogen) atoms. The van der Waals surface area contributed by atoms with Gasteiger partial charge in [-0.25, -0.2) is 4.39 Å². The molecule has 1 nitrogen and oxygen atoms in total. The molecule has 1 aromatic carbocycles. The summed E-state index contributed by atoms with van der Waals surface area (Å²) >= 11 is 3.13. The minimum Gasteiger partial charge on any atom is -0.309 e. The quantitative estimate of drug-likeness (QED) is 0.651. The molecule has 0 amide bonds. The first-order valence-electron chi connectivity index (χ1n) is 4.87. The van der Waals surface area contributed by atoms with Crippen molar-refractivity contribution in [1.29, 1.82) is 0 Å². The number of halogens is 2. The second-order valence-corrected chi connectivity index (χ2v) is 4.52. The maximum absolute atomic E-state index is 13.1. The minimum atomic E-state index is -0.212. The second-order valence-electron chi connectivity index (χ2n) is 3.66. The summed E-state index contributed by atoms with van der Waals surface area (Å²) in [7, 11) is 0. The summed E-state index contributed by atoms with van der Waals surface area (Å²) in [6, 6.07) is 5.18. The van der Waals surface area contributed by atoms with Crippen LogP contribution in [0.4, 0.5) is 4.39 Å². The van der Waals surface area contributed by atoms with Gasteiger partial charge in [0, 0.05) is 13.1 Å². The van der Waals surface area contributed by atoms with E-state index in [0.717, 1.165) is 12.1 Å². The van der Waals surface area contributed by atoms with Gasteiger partial charge in [-0.2, -0.15) is 0 Å². The van der Waals surface area contributed by atoms with Crippen LogP contribution >= 0.6 is 15.9 Å². The Labute approximate surface area is 98.5 Å². The summed E-state index contributed by atoms with van der Waals surface area (Å²) in [6.45, 7) is 5.62. The molecule has 1 rings (SSSR count). The molecule has 82 valence electrons. The predicted octanol–water partition coefficient (Wildman–Crippen LogP) is 3.64. The van der Waals surface area contributed by atoms with Crippen molar-refractivity contribution in [3.8, 4) is 0 Å². The van der Waals surface area contributed by atoms with Gasteiger partial charge in [-0.1, -0.05) is 17.7 Å². The monoisotopic (exact) mass is 271 g/mol. The molecule has 0 radical (unpaired) electrons.